The molecule has 0 saturated carbocycles. The van der Waals surface area contributed by atoms with E-state index in [-0.39, 0.29) is 24.0 Å². The number of ether oxygens (including phenoxy) is 2. The van der Waals surface area contributed by atoms with E-state index in [4.69, 9.17) is 9.47 Å². The van der Waals surface area contributed by atoms with Gasteiger partial charge in [0.15, 0.2) is 0 Å². The number of rotatable bonds is 3. The van der Waals surface area contributed by atoms with Crippen molar-refractivity contribution in [3.8, 4) is 0 Å². The molecule has 21 heavy (non-hydrogen) atoms. The molecule has 0 aliphatic carbocycles. The van der Waals surface area contributed by atoms with Crippen LogP contribution in [-0.4, -0.2) is 56.9 Å². The second kappa shape index (κ2) is 6.13. The normalized spacial score (nSPS) is 28.5. The predicted molar refractivity (Wildman–Crippen MR) is 79.1 cm³/mol. The summed E-state index contributed by atoms with van der Waals surface area (Å²) in [6, 6.07) is 8.17. The van der Waals surface area contributed by atoms with E-state index in [0.717, 1.165) is 12.1 Å². The van der Waals surface area contributed by atoms with Crippen molar-refractivity contribution in [3.63, 3.8) is 0 Å². The molecule has 0 aromatic heterocycles. The highest BCUT2D eigenvalue weighted by molar-refractivity contribution is 5.85. The first kappa shape index (κ1) is 14.5. The van der Waals surface area contributed by atoms with Gasteiger partial charge in [-0.1, -0.05) is 24.3 Å². The Balaban J connectivity index is 1.78. The fourth-order valence-corrected chi connectivity index (χ4v) is 3.31. The summed E-state index contributed by atoms with van der Waals surface area (Å²) in [5.74, 6) is 0.0549. The first-order chi connectivity index (χ1) is 10.2. The van der Waals surface area contributed by atoms with Gasteiger partial charge in [-0.15, -0.1) is 0 Å². The van der Waals surface area contributed by atoms with Crippen molar-refractivity contribution in [1.29, 1.82) is 0 Å². The number of nitrogens with zero attached hydrogens (tertiary/aromatic N) is 1. The van der Waals surface area contributed by atoms with Crippen molar-refractivity contribution in [2.45, 2.75) is 24.7 Å². The van der Waals surface area contributed by atoms with Gasteiger partial charge in [0.05, 0.1) is 5.92 Å². The summed E-state index contributed by atoms with van der Waals surface area (Å²) >= 11 is 0. The Kier molecular flexibility index (Phi) is 4.24. The van der Waals surface area contributed by atoms with Crippen LogP contribution in [0.2, 0.25) is 0 Å². The highest BCUT2D eigenvalue weighted by Gasteiger charge is 2.39. The molecule has 2 aliphatic rings. The molecule has 114 valence electrons. The average Bonchev–Trinajstić information content (AvgIpc) is 2.97. The Hall–Kier alpha value is -1.43. The molecular weight excluding hydrogens is 268 g/mol. The zero-order valence-electron chi connectivity index (χ0n) is 12.5. The Labute approximate surface area is 125 Å². The molecule has 2 heterocycles. The fraction of sp³-hybridized carbons (Fsp3) is 0.562. The number of methoxy groups -OCH3 is 2. The molecule has 3 unspecified atom stereocenters. The summed E-state index contributed by atoms with van der Waals surface area (Å²) in [6.45, 7) is 2.74. The van der Waals surface area contributed by atoms with Gasteiger partial charge < -0.3 is 19.7 Å². The van der Waals surface area contributed by atoms with Crippen molar-refractivity contribution in [1.82, 2.24) is 10.2 Å². The molecule has 0 bridgehead atoms. The average molecular weight is 290 g/mol. The van der Waals surface area contributed by atoms with Gasteiger partial charge in [0.2, 0.25) is 5.91 Å². The zero-order valence-corrected chi connectivity index (χ0v) is 12.5. The third-order valence-corrected chi connectivity index (χ3v) is 4.53. The molecule has 0 radical (unpaired) electrons. The molecule has 1 N–H and O–H groups in total. The van der Waals surface area contributed by atoms with Crippen LogP contribution in [0.15, 0.2) is 24.3 Å². The topological polar surface area (TPSA) is 50.8 Å². The molecule has 3 atom stereocenters. The molecule has 3 rings (SSSR count). The van der Waals surface area contributed by atoms with Crippen molar-refractivity contribution in [2.75, 3.05) is 33.9 Å². The largest absolute Gasteiger partial charge is 0.377 e. The van der Waals surface area contributed by atoms with Crippen LogP contribution in [0.25, 0.3) is 0 Å². The molecule has 1 amide bonds. The maximum absolute atomic E-state index is 12.9. The lowest BCUT2D eigenvalue weighted by atomic mass is 9.90. The zero-order chi connectivity index (χ0) is 14.8. The molecule has 1 fully saturated rings. The van der Waals surface area contributed by atoms with Gasteiger partial charge in [0.1, 0.15) is 12.2 Å². The van der Waals surface area contributed by atoms with Gasteiger partial charge in [0.25, 0.3) is 0 Å². The molecule has 0 spiro atoms. The van der Waals surface area contributed by atoms with Crippen LogP contribution < -0.4 is 5.32 Å². The Morgan fingerprint density at radius 2 is 1.86 bits per heavy atom. The quantitative estimate of drug-likeness (QED) is 0.892. The van der Waals surface area contributed by atoms with Gasteiger partial charge in [-0.3, -0.25) is 4.79 Å². The monoisotopic (exact) mass is 290 g/mol. The van der Waals surface area contributed by atoms with E-state index >= 15 is 0 Å². The Morgan fingerprint density at radius 1 is 1.19 bits per heavy atom. The van der Waals surface area contributed by atoms with Crippen LogP contribution in [0.1, 0.15) is 17.0 Å². The molecule has 1 aromatic carbocycles. The van der Waals surface area contributed by atoms with E-state index in [9.17, 15) is 4.79 Å². The van der Waals surface area contributed by atoms with E-state index in [2.05, 4.69) is 17.4 Å². The molecule has 2 aliphatic heterocycles. The van der Waals surface area contributed by atoms with Crippen LogP contribution >= 0.6 is 0 Å². The summed E-state index contributed by atoms with van der Waals surface area (Å²) < 4.78 is 10.8. The van der Waals surface area contributed by atoms with Gasteiger partial charge >= 0.3 is 0 Å². The second-order valence-corrected chi connectivity index (χ2v) is 5.67. The molecule has 5 heteroatoms. The number of hydrogen-bond acceptors (Lipinski definition) is 4. The molecule has 1 saturated heterocycles. The van der Waals surface area contributed by atoms with Gasteiger partial charge in [-0.05, 0) is 11.1 Å². The lowest BCUT2D eigenvalue weighted by Crippen LogP contribution is -2.41. The lowest BCUT2D eigenvalue weighted by molar-refractivity contribution is -0.132. The SMILES string of the molecule is COC1CN(C(=O)C2CNCc3ccccc32)CC1OC. The minimum absolute atomic E-state index is 0.0363. The lowest BCUT2D eigenvalue weighted by Gasteiger charge is -2.29. The molecule has 1 aromatic rings. The van der Waals surface area contributed by atoms with Crippen LogP contribution in [0.5, 0.6) is 0 Å². The number of amides is 1. The number of likely N-dealkylation sites (tertiary alicyclic amines) is 1. The van der Waals surface area contributed by atoms with Crippen LogP contribution in [0.4, 0.5) is 0 Å². The van der Waals surface area contributed by atoms with Gasteiger partial charge in [-0.25, -0.2) is 0 Å². The van der Waals surface area contributed by atoms with E-state index in [1.807, 2.05) is 17.0 Å². The maximum Gasteiger partial charge on any atom is 0.231 e. The summed E-state index contributed by atoms with van der Waals surface area (Å²) in [5, 5.41) is 3.34. The molecule has 5 nitrogen and oxygen atoms in total. The van der Waals surface area contributed by atoms with Crippen LogP contribution in [0.3, 0.4) is 0 Å². The predicted octanol–water partition coefficient (Wildman–Crippen LogP) is 0.746. The van der Waals surface area contributed by atoms with E-state index < -0.39 is 0 Å². The maximum atomic E-state index is 12.9. The van der Waals surface area contributed by atoms with Crippen LogP contribution in [0, 0.1) is 0 Å². The standard InChI is InChI=1S/C16H22N2O3/c1-20-14-9-18(10-15(14)21-2)16(19)13-8-17-7-11-5-3-4-6-12(11)13/h3-6,13-15,17H,7-10H2,1-2H3. The highest BCUT2D eigenvalue weighted by Crippen LogP contribution is 2.27. The number of carbonyl (C=O) groups excluding carboxylic acids is 1. The smallest absolute Gasteiger partial charge is 0.231 e. The number of carbonyl (C=O) groups is 1. The third-order valence-electron chi connectivity index (χ3n) is 4.53. The minimum atomic E-state index is -0.108. The van der Waals surface area contributed by atoms with Crippen molar-refractivity contribution < 1.29 is 14.3 Å². The summed E-state index contributed by atoms with van der Waals surface area (Å²) in [7, 11) is 3.34. The van der Waals surface area contributed by atoms with Crippen LogP contribution in [-0.2, 0) is 20.8 Å². The summed E-state index contributed by atoms with van der Waals surface area (Å²) in [4.78, 5) is 14.7. The highest BCUT2D eigenvalue weighted by atomic mass is 16.5. The number of fused-ring (bicyclic) bond motifs is 1. The minimum Gasteiger partial charge on any atom is -0.377 e. The number of benzene rings is 1. The van der Waals surface area contributed by atoms with E-state index in [1.54, 1.807) is 14.2 Å². The van der Waals surface area contributed by atoms with E-state index in [0.29, 0.717) is 19.6 Å². The summed E-state index contributed by atoms with van der Waals surface area (Å²) in [5.41, 5.74) is 2.36. The fourth-order valence-electron chi connectivity index (χ4n) is 3.31. The molecular formula is C16H22N2O3. The Morgan fingerprint density at radius 3 is 2.52 bits per heavy atom. The Bertz CT molecular complexity index is 508. The van der Waals surface area contributed by atoms with Crippen molar-refractivity contribution in [2.24, 2.45) is 0 Å². The third kappa shape index (κ3) is 2.69. The summed E-state index contributed by atoms with van der Waals surface area (Å²) in [6.07, 6.45) is -0.0727. The van der Waals surface area contributed by atoms with Gasteiger partial charge in [-0.2, -0.15) is 0 Å². The first-order valence-corrected chi connectivity index (χ1v) is 7.37. The number of nitrogens with one attached hydrogen (secondary N) is 1. The van der Waals surface area contributed by atoms with Gasteiger partial charge in [0, 0.05) is 40.4 Å². The van der Waals surface area contributed by atoms with Crippen molar-refractivity contribution in [3.05, 3.63) is 35.4 Å². The number of hydrogen-bond donors (Lipinski definition) is 1. The van der Waals surface area contributed by atoms with E-state index in [1.165, 1.54) is 5.56 Å². The van der Waals surface area contributed by atoms with Crippen molar-refractivity contribution >= 4 is 5.91 Å². The first-order valence-electron chi connectivity index (χ1n) is 7.37. The second-order valence-electron chi connectivity index (χ2n) is 5.67.